The number of nitrogens with zero attached hydrogens (tertiary/aromatic N) is 2. The van der Waals surface area contributed by atoms with E-state index in [-0.39, 0.29) is 17.9 Å². The third kappa shape index (κ3) is 7.87. The second-order valence-corrected chi connectivity index (χ2v) is 8.04. The van der Waals surface area contributed by atoms with Crippen LogP contribution in [0.1, 0.15) is 70.6 Å². The van der Waals surface area contributed by atoms with Crippen LogP contribution in [-0.4, -0.2) is 54.8 Å². The fourth-order valence-corrected chi connectivity index (χ4v) is 4.42. The first-order chi connectivity index (χ1) is 13.1. The standard InChI is InChI=1S/C20H37N5O2/c21-20(22)23-12-4-10-17(15-26)24-19(27)18-11-6-14-25(18)13-5-9-16-7-2-1-3-8-16/h15-18H,1-14H2,(H,24,27)(H4,21,22,23)/t17-,18-/m0/s1. The van der Waals surface area contributed by atoms with E-state index in [0.29, 0.717) is 19.4 Å². The van der Waals surface area contributed by atoms with Crippen molar-refractivity contribution in [2.45, 2.75) is 82.7 Å². The minimum absolute atomic E-state index is 0.0101. The summed E-state index contributed by atoms with van der Waals surface area (Å²) < 4.78 is 0. The summed E-state index contributed by atoms with van der Waals surface area (Å²) in [4.78, 5) is 30.2. The van der Waals surface area contributed by atoms with Crippen molar-refractivity contribution in [3.05, 3.63) is 0 Å². The van der Waals surface area contributed by atoms with Gasteiger partial charge >= 0.3 is 0 Å². The molecule has 1 saturated carbocycles. The highest BCUT2D eigenvalue weighted by molar-refractivity contribution is 5.84. The molecule has 1 heterocycles. The largest absolute Gasteiger partial charge is 0.370 e. The summed E-state index contributed by atoms with van der Waals surface area (Å²) >= 11 is 0. The van der Waals surface area contributed by atoms with E-state index in [1.54, 1.807) is 0 Å². The second kappa shape index (κ2) is 12.0. The topological polar surface area (TPSA) is 114 Å². The Kier molecular flexibility index (Phi) is 9.59. The molecular weight excluding hydrogens is 342 g/mol. The number of amides is 1. The molecule has 27 heavy (non-hydrogen) atoms. The van der Waals surface area contributed by atoms with Gasteiger partial charge in [0.05, 0.1) is 12.1 Å². The SMILES string of the molecule is NC(N)=NCCC[C@@H](C=O)NC(=O)[C@@H]1CCCN1CCCC1CCCCC1. The molecule has 154 valence electrons. The molecular formula is C20H37N5O2. The maximum Gasteiger partial charge on any atom is 0.237 e. The quantitative estimate of drug-likeness (QED) is 0.218. The fourth-order valence-electron chi connectivity index (χ4n) is 4.42. The first-order valence-corrected chi connectivity index (χ1v) is 10.6. The van der Waals surface area contributed by atoms with Crippen molar-refractivity contribution in [2.24, 2.45) is 22.4 Å². The van der Waals surface area contributed by atoms with Crippen LogP contribution in [0.2, 0.25) is 0 Å². The minimum atomic E-state index is -0.462. The average Bonchev–Trinajstić information content (AvgIpc) is 3.13. The van der Waals surface area contributed by atoms with Crippen LogP contribution >= 0.6 is 0 Å². The molecule has 1 aliphatic heterocycles. The molecule has 7 nitrogen and oxygen atoms in total. The first-order valence-electron chi connectivity index (χ1n) is 10.6. The lowest BCUT2D eigenvalue weighted by Gasteiger charge is -2.26. The molecule has 0 bridgehead atoms. The van der Waals surface area contributed by atoms with Gasteiger partial charge in [0.25, 0.3) is 0 Å². The molecule has 2 fully saturated rings. The molecule has 2 rings (SSSR count). The molecule has 2 atom stereocenters. The Morgan fingerprint density at radius 2 is 1.93 bits per heavy atom. The van der Waals surface area contributed by atoms with E-state index >= 15 is 0 Å². The van der Waals surface area contributed by atoms with Gasteiger partial charge in [0.2, 0.25) is 5.91 Å². The van der Waals surface area contributed by atoms with Gasteiger partial charge in [-0.2, -0.15) is 0 Å². The van der Waals surface area contributed by atoms with Crippen molar-refractivity contribution in [1.29, 1.82) is 0 Å². The molecule has 1 aliphatic carbocycles. The molecule has 0 unspecified atom stereocenters. The predicted octanol–water partition coefficient (Wildman–Crippen LogP) is 1.55. The number of guanidine groups is 1. The highest BCUT2D eigenvalue weighted by Crippen LogP contribution is 2.28. The number of aldehydes is 1. The number of nitrogens with two attached hydrogens (primary N) is 2. The van der Waals surface area contributed by atoms with Crippen molar-refractivity contribution in [2.75, 3.05) is 19.6 Å². The number of carbonyl (C=O) groups excluding carboxylic acids is 2. The van der Waals surface area contributed by atoms with Gasteiger partial charge in [-0.25, -0.2) is 0 Å². The molecule has 0 aromatic rings. The fraction of sp³-hybridized carbons (Fsp3) is 0.850. The number of aliphatic imine (C=N–C) groups is 1. The Hall–Kier alpha value is -1.63. The number of hydrogen-bond acceptors (Lipinski definition) is 4. The van der Waals surface area contributed by atoms with Gasteiger partial charge in [0.1, 0.15) is 6.29 Å². The van der Waals surface area contributed by atoms with Crippen LogP contribution in [0.5, 0.6) is 0 Å². The monoisotopic (exact) mass is 379 g/mol. The summed E-state index contributed by atoms with van der Waals surface area (Å²) in [6, 6.07) is -0.548. The molecule has 0 aromatic carbocycles. The van der Waals surface area contributed by atoms with Crippen LogP contribution in [0.25, 0.3) is 0 Å². The number of rotatable bonds is 11. The van der Waals surface area contributed by atoms with Gasteiger partial charge in [-0.3, -0.25) is 14.7 Å². The Morgan fingerprint density at radius 3 is 2.63 bits per heavy atom. The van der Waals surface area contributed by atoms with Crippen molar-refractivity contribution in [3.63, 3.8) is 0 Å². The van der Waals surface area contributed by atoms with E-state index in [2.05, 4.69) is 15.2 Å². The van der Waals surface area contributed by atoms with Crippen LogP contribution < -0.4 is 16.8 Å². The van der Waals surface area contributed by atoms with Gasteiger partial charge in [0.15, 0.2) is 5.96 Å². The van der Waals surface area contributed by atoms with Crippen molar-refractivity contribution in [1.82, 2.24) is 10.2 Å². The van der Waals surface area contributed by atoms with Crippen LogP contribution in [0, 0.1) is 5.92 Å². The second-order valence-electron chi connectivity index (χ2n) is 8.04. The van der Waals surface area contributed by atoms with E-state index < -0.39 is 6.04 Å². The normalized spacial score (nSPS) is 22.3. The summed E-state index contributed by atoms with van der Waals surface area (Å²) in [5.74, 6) is 0.930. The third-order valence-electron chi connectivity index (χ3n) is 5.91. The molecule has 1 saturated heterocycles. The Morgan fingerprint density at radius 1 is 1.15 bits per heavy atom. The summed E-state index contributed by atoms with van der Waals surface area (Å²) in [5, 5.41) is 2.91. The molecule has 2 aliphatic rings. The van der Waals surface area contributed by atoms with Crippen molar-refractivity contribution >= 4 is 18.2 Å². The summed E-state index contributed by atoms with van der Waals surface area (Å²) in [5.41, 5.74) is 10.6. The Bertz CT molecular complexity index is 487. The molecule has 5 N–H and O–H groups in total. The lowest BCUT2D eigenvalue weighted by Crippen LogP contribution is -2.47. The lowest BCUT2D eigenvalue weighted by molar-refractivity contribution is -0.128. The number of hydrogen-bond donors (Lipinski definition) is 3. The smallest absolute Gasteiger partial charge is 0.237 e. The molecule has 0 spiro atoms. The van der Waals surface area contributed by atoms with Crippen LogP contribution in [0.4, 0.5) is 0 Å². The van der Waals surface area contributed by atoms with Gasteiger partial charge in [-0.1, -0.05) is 32.1 Å². The molecule has 7 heteroatoms. The zero-order valence-electron chi connectivity index (χ0n) is 16.6. The minimum Gasteiger partial charge on any atom is -0.370 e. The van der Waals surface area contributed by atoms with Crippen LogP contribution in [-0.2, 0) is 9.59 Å². The van der Waals surface area contributed by atoms with Crippen LogP contribution in [0.15, 0.2) is 4.99 Å². The average molecular weight is 380 g/mol. The lowest BCUT2D eigenvalue weighted by atomic mass is 9.86. The summed E-state index contributed by atoms with van der Waals surface area (Å²) in [7, 11) is 0. The van der Waals surface area contributed by atoms with Gasteiger partial charge in [-0.05, 0) is 57.5 Å². The number of carbonyl (C=O) groups is 2. The zero-order valence-corrected chi connectivity index (χ0v) is 16.6. The van der Waals surface area contributed by atoms with Gasteiger partial charge in [0, 0.05) is 6.54 Å². The predicted molar refractivity (Wildman–Crippen MR) is 108 cm³/mol. The number of likely N-dealkylation sites (tertiary alicyclic amines) is 1. The Labute approximate surface area is 163 Å². The van der Waals surface area contributed by atoms with Gasteiger partial charge < -0.3 is 21.6 Å². The van der Waals surface area contributed by atoms with Crippen molar-refractivity contribution in [3.8, 4) is 0 Å². The molecule has 1 amide bonds. The highest BCUT2D eigenvalue weighted by Gasteiger charge is 2.31. The summed E-state index contributed by atoms with van der Waals surface area (Å²) in [6.07, 6.45) is 13.4. The third-order valence-corrected chi connectivity index (χ3v) is 5.91. The zero-order chi connectivity index (χ0) is 19.5. The van der Waals surface area contributed by atoms with E-state index in [4.69, 9.17) is 11.5 Å². The van der Waals surface area contributed by atoms with E-state index in [1.165, 1.54) is 44.9 Å². The molecule has 0 radical (unpaired) electrons. The first kappa shape index (κ1) is 21.7. The summed E-state index contributed by atoms with van der Waals surface area (Å²) in [6.45, 7) is 2.45. The Balaban J connectivity index is 1.70. The maximum absolute atomic E-state index is 12.7. The number of nitrogens with one attached hydrogen (secondary N) is 1. The molecule has 0 aromatic heterocycles. The van der Waals surface area contributed by atoms with E-state index in [0.717, 1.165) is 38.1 Å². The van der Waals surface area contributed by atoms with Crippen molar-refractivity contribution < 1.29 is 9.59 Å². The van der Waals surface area contributed by atoms with Gasteiger partial charge in [-0.15, -0.1) is 0 Å². The van der Waals surface area contributed by atoms with E-state index in [1.807, 2.05) is 0 Å². The maximum atomic E-state index is 12.7. The highest BCUT2D eigenvalue weighted by atomic mass is 16.2. The van der Waals surface area contributed by atoms with E-state index in [9.17, 15) is 9.59 Å². The van der Waals surface area contributed by atoms with Crippen LogP contribution in [0.3, 0.4) is 0 Å².